The predicted molar refractivity (Wildman–Crippen MR) is 57.0 cm³/mol. The largest absolute Gasteiger partial charge is 0.359 e. The summed E-state index contributed by atoms with van der Waals surface area (Å²) in [7, 11) is 0. The van der Waals surface area contributed by atoms with E-state index in [0.717, 1.165) is 13.0 Å². The summed E-state index contributed by atoms with van der Waals surface area (Å²) in [6.45, 7) is 3.08. The highest BCUT2D eigenvalue weighted by Gasteiger charge is 2.20. The fraction of sp³-hybridized carbons (Fsp3) is 0.500. The molecule has 2 atom stereocenters. The Labute approximate surface area is 85.3 Å². The summed E-state index contributed by atoms with van der Waals surface area (Å²) in [4.78, 5) is 0. The molecule has 0 aliphatic carbocycles. The van der Waals surface area contributed by atoms with Crippen LogP contribution in [0.5, 0.6) is 0 Å². The zero-order valence-electron chi connectivity index (χ0n) is 8.57. The minimum Gasteiger partial charge on any atom is -0.359 e. The van der Waals surface area contributed by atoms with Crippen molar-refractivity contribution in [3.8, 4) is 0 Å². The maximum atomic E-state index is 5.68. The van der Waals surface area contributed by atoms with E-state index in [4.69, 9.17) is 4.74 Å². The van der Waals surface area contributed by atoms with E-state index in [-0.39, 0.29) is 6.23 Å². The Morgan fingerprint density at radius 3 is 2.86 bits per heavy atom. The molecular formula is C12H17NO. The SMILES string of the molecule is CCC1CCOC(c2ccccc2)N1. The summed E-state index contributed by atoms with van der Waals surface area (Å²) in [5.41, 5.74) is 1.23. The van der Waals surface area contributed by atoms with Gasteiger partial charge in [-0.2, -0.15) is 0 Å². The maximum absolute atomic E-state index is 5.68. The van der Waals surface area contributed by atoms with Gasteiger partial charge in [-0.3, -0.25) is 5.32 Å². The van der Waals surface area contributed by atoms with Gasteiger partial charge in [0.25, 0.3) is 0 Å². The minimum atomic E-state index is 0.0925. The highest BCUT2D eigenvalue weighted by molar-refractivity contribution is 5.17. The Kier molecular flexibility index (Phi) is 3.17. The average molecular weight is 191 g/mol. The van der Waals surface area contributed by atoms with Crippen molar-refractivity contribution in [3.63, 3.8) is 0 Å². The van der Waals surface area contributed by atoms with Crippen LogP contribution < -0.4 is 5.32 Å². The first-order valence-electron chi connectivity index (χ1n) is 5.32. The quantitative estimate of drug-likeness (QED) is 0.775. The lowest BCUT2D eigenvalue weighted by Crippen LogP contribution is -2.39. The van der Waals surface area contributed by atoms with Crippen LogP contribution in [0.4, 0.5) is 0 Å². The van der Waals surface area contributed by atoms with E-state index < -0.39 is 0 Å². The molecule has 1 heterocycles. The van der Waals surface area contributed by atoms with Crippen molar-refractivity contribution in [2.24, 2.45) is 0 Å². The zero-order valence-corrected chi connectivity index (χ0v) is 8.57. The van der Waals surface area contributed by atoms with E-state index in [0.29, 0.717) is 6.04 Å². The molecule has 1 aromatic rings. The molecule has 14 heavy (non-hydrogen) atoms. The summed E-state index contributed by atoms with van der Waals surface area (Å²) in [6, 6.07) is 11.0. The van der Waals surface area contributed by atoms with Gasteiger partial charge in [0.05, 0.1) is 6.61 Å². The van der Waals surface area contributed by atoms with Crippen LogP contribution in [0.15, 0.2) is 30.3 Å². The summed E-state index contributed by atoms with van der Waals surface area (Å²) in [5.74, 6) is 0. The van der Waals surface area contributed by atoms with Crippen molar-refractivity contribution in [2.45, 2.75) is 32.0 Å². The molecule has 2 nitrogen and oxygen atoms in total. The van der Waals surface area contributed by atoms with E-state index >= 15 is 0 Å². The molecule has 0 radical (unpaired) electrons. The zero-order chi connectivity index (χ0) is 9.80. The van der Waals surface area contributed by atoms with Gasteiger partial charge in [0, 0.05) is 6.04 Å². The van der Waals surface area contributed by atoms with Crippen molar-refractivity contribution in [1.29, 1.82) is 0 Å². The molecule has 0 amide bonds. The lowest BCUT2D eigenvalue weighted by atomic mass is 10.1. The first kappa shape index (κ1) is 9.69. The van der Waals surface area contributed by atoms with Crippen LogP contribution in [0.3, 0.4) is 0 Å². The van der Waals surface area contributed by atoms with Gasteiger partial charge >= 0.3 is 0 Å². The lowest BCUT2D eigenvalue weighted by molar-refractivity contribution is -0.0205. The summed E-state index contributed by atoms with van der Waals surface area (Å²) in [5, 5.41) is 3.50. The molecule has 2 heteroatoms. The molecule has 1 N–H and O–H groups in total. The van der Waals surface area contributed by atoms with Crippen LogP contribution in [-0.4, -0.2) is 12.6 Å². The number of hydrogen-bond acceptors (Lipinski definition) is 2. The summed E-state index contributed by atoms with van der Waals surface area (Å²) < 4.78 is 5.68. The number of ether oxygens (including phenoxy) is 1. The van der Waals surface area contributed by atoms with E-state index in [1.807, 2.05) is 6.07 Å². The third kappa shape index (κ3) is 2.14. The Bertz CT molecular complexity index is 273. The number of nitrogens with one attached hydrogen (secondary N) is 1. The molecule has 1 aliphatic heterocycles. The fourth-order valence-corrected chi connectivity index (χ4v) is 1.82. The Balaban J connectivity index is 2.04. The van der Waals surface area contributed by atoms with Crippen molar-refractivity contribution >= 4 is 0 Å². The van der Waals surface area contributed by atoms with E-state index in [9.17, 15) is 0 Å². The van der Waals surface area contributed by atoms with Crippen LogP contribution in [-0.2, 0) is 4.74 Å². The molecule has 1 fully saturated rings. The topological polar surface area (TPSA) is 21.3 Å². The number of rotatable bonds is 2. The molecule has 76 valence electrons. The smallest absolute Gasteiger partial charge is 0.134 e. The molecule has 0 spiro atoms. The van der Waals surface area contributed by atoms with Crippen molar-refractivity contribution in [3.05, 3.63) is 35.9 Å². The standard InChI is InChI=1S/C12H17NO/c1-2-11-8-9-14-12(13-11)10-6-4-3-5-7-10/h3-7,11-13H,2,8-9H2,1H3. The Morgan fingerprint density at radius 2 is 2.14 bits per heavy atom. The molecule has 0 saturated carbocycles. The third-order valence-electron chi connectivity index (χ3n) is 2.73. The van der Waals surface area contributed by atoms with Gasteiger partial charge in [0.1, 0.15) is 6.23 Å². The second kappa shape index (κ2) is 4.58. The molecule has 1 aliphatic rings. The maximum Gasteiger partial charge on any atom is 0.134 e. The monoisotopic (exact) mass is 191 g/mol. The third-order valence-corrected chi connectivity index (χ3v) is 2.73. The highest BCUT2D eigenvalue weighted by atomic mass is 16.5. The van der Waals surface area contributed by atoms with Crippen molar-refractivity contribution in [2.75, 3.05) is 6.61 Å². The van der Waals surface area contributed by atoms with Gasteiger partial charge in [-0.25, -0.2) is 0 Å². The van der Waals surface area contributed by atoms with Crippen LogP contribution in [0.2, 0.25) is 0 Å². The second-order valence-electron chi connectivity index (χ2n) is 3.72. The van der Waals surface area contributed by atoms with Crippen LogP contribution >= 0.6 is 0 Å². The molecule has 1 saturated heterocycles. The second-order valence-corrected chi connectivity index (χ2v) is 3.72. The van der Waals surface area contributed by atoms with Crippen molar-refractivity contribution < 1.29 is 4.74 Å². The molecule has 0 bridgehead atoms. The average Bonchev–Trinajstić information content (AvgIpc) is 2.30. The fourth-order valence-electron chi connectivity index (χ4n) is 1.82. The minimum absolute atomic E-state index is 0.0925. The number of benzene rings is 1. The van der Waals surface area contributed by atoms with Gasteiger partial charge in [0.2, 0.25) is 0 Å². The molecule has 0 aromatic heterocycles. The van der Waals surface area contributed by atoms with Gasteiger partial charge in [-0.05, 0) is 18.4 Å². The van der Waals surface area contributed by atoms with Crippen molar-refractivity contribution in [1.82, 2.24) is 5.32 Å². The first-order valence-corrected chi connectivity index (χ1v) is 5.32. The Hall–Kier alpha value is -0.860. The van der Waals surface area contributed by atoms with Crippen LogP contribution in [0.1, 0.15) is 31.6 Å². The van der Waals surface area contributed by atoms with E-state index in [2.05, 4.69) is 36.5 Å². The molecule has 2 unspecified atom stereocenters. The normalized spacial score (nSPS) is 27.5. The van der Waals surface area contributed by atoms with E-state index in [1.165, 1.54) is 12.0 Å². The highest BCUT2D eigenvalue weighted by Crippen LogP contribution is 2.20. The summed E-state index contributed by atoms with van der Waals surface area (Å²) in [6.07, 6.45) is 2.39. The first-order chi connectivity index (χ1) is 6.90. The van der Waals surface area contributed by atoms with Gasteiger partial charge < -0.3 is 4.74 Å². The molecule has 2 rings (SSSR count). The molecular weight excluding hydrogens is 174 g/mol. The van der Waals surface area contributed by atoms with Gasteiger partial charge in [-0.15, -0.1) is 0 Å². The summed E-state index contributed by atoms with van der Waals surface area (Å²) >= 11 is 0. The predicted octanol–water partition coefficient (Wildman–Crippen LogP) is 2.47. The van der Waals surface area contributed by atoms with Gasteiger partial charge in [-0.1, -0.05) is 37.3 Å². The van der Waals surface area contributed by atoms with E-state index in [1.54, 1.807) is 0 Å². The van der Waals surface area contributed by atoms with Crippen LogP contribution in [0, 0.1) is 0 Å². The van der Waals surface area contributed by atoms with Gasteiger partial charge in [0.15, 0.2) is 0 Å². The lowest BCUT2D eigenvalue weighted by Gasteiger charge is -2.30. The van der Waals surface area contributed by atoms with Crippen LogP contribution in [0.25, 0.3) is 0 Å². The molecule has 1 aromatic carbocycles. The Morgan fingerprint density at radius 1 is 1.36 bits per heavy atom. The number of hydrogen-bond donors (Lipinski definition) is 1.